The van der Waals surface area contributed by atoms with Gasteiger partial charge in [0.1, 0.15) is 29.5 Å². The Kier molecular flexibility index (Phi) is 4.76. The number of hydrogen-bond acceptors (Lipinski definition) is 4. The van der Waals surface area contributed by atoms with Gasteiger partial charge in [-0.2, -0.15) is 0 Å². The minimum Gasteiger partial charge on any atom is -0.370 e. The first-order valence-corrected chi connectivity index (χ1v) is 6.42. The molecule has 0 spiro atoms. The van der Waals surface area contributed by atoms with E-state index in [-0.39, 0.29) is 11.4 Å². The second-order valence-electron chi connectivity index (χ2n) is 4.29. The molecule has 5 nitrogen and oxygen atoms in total. The molecule has 0 aliphatic heterocycles. The van der Waals surface area contributed by atoms with Crippen LogP contribution in [-0.2, 0) is 0 Å². The summed E-state index contributed by atoms with van der Waals surface area (Å²) in [6, 6.07) is 4.38. The molecule has 0 fully saturated rings. The number of hydrogen-bond donors (Lipinski definition) is 2. The standard InChI is InChI=1S/C14H14F2N4O/c1-2-5-17-13-7-12(18-8-19-13)14(21)20-11-4-3-9(15)6-10(11)16/h3-4,6-8H,2,5H2,1H3,(H,20,21)(H,17,18,19). The van der Waals surface area contributed by atoms with E-state index in [4.69, 9.17) is 0 Å². The summed E-state index contributed by atoms with van der Waals surface area (Å²) in [7, 11) is 0. The van der Waals surface area contributed by atoms with Gasteiger partial charge in [0.2, 0.25) is 0 Å². The van der Waals surface area contributed by atoms with Gasteiger partial charge in [0.15, 0.2) is 0 Å². The van der Waals surface area contributed by atoms with Crippen LogP contribution in [0.15, 0.2) is 30.6 Å². The SMILES string of the molecule is CCCNc1cc(C(=O)Nc2ccc(F)cc2F)ncn1. The van der Waals surface area contributed by atoms with Crippen LogP contribution in [0.3, 0.4) is 0 Å². The van der Waals surface area contributed by atoms with Gasteiger partial charge in [-0.05, 0) is 18.6 Å². The van der Waals surface area contributed by atoms with Crippen molar-refractivity contribution in [3.05, 3.63) is 47.9 Å². The topological polar surface area (TPSA) is 66.9 Å². The van der Waals surface area contributed by atoms with E-state index in [0.29, 0.717) is 18.4 Å². The number of benzene rings is 1. The van der Waals surface area contributed by atoms with Crippen molar-refractivity contribution in [3.8, 4) is 0 Å². The van der Waals surface area contributed by atoms with Crippen molar-refractivity contribution in [2.45, 2.75) is 13.3 Å². The molecule has 0 radical (unpaired) electrons. The van der Waals surface area contributed by atoms with Crippen LogP contribution in [0.5, 0.6) is 0 Å². The highest BCUT2D eigenvalue weighted by Crippen LogP contribution is 2.16. The summed E-state index contributed by atoms with van der Waals surface area (Å²) < 4.78 is 26.3. The second-order valence-corrected chi connectivity index (χ2v) is 4.29. The third-order valence-electron chi connectivity index (χ3n) is 2.64. The molecule has 0 saturated heterocycles. The first-order chi connectivity index (χ1) is 10.1. The lowest BCUT2D eigenvalue weighted by atomic mass is 10.2. The Morgan fingerprint density at radius 2 is 2.05 bits per heavy atom. The Hall–Kier alpha value is -2.57. The quantitative estimate of drug-likeness (QED) is 0.889. The van der Waals surface area contributed by atoms with E-state index in [1.807, 2.05) is 6.92 Å². The zero-order valence-corrected chi connectivity index (χ0v) is 11.4. The predicted octanol–water partition coefficient (Wildman–Crippen LogP) is 2.83. The maximum atomic E-state index is 13.5. The normalized spacial score (nSPS) is 10.2. The number of rotatable bonds is 5. The van der Waals surface area contributed by atoms with Crippen LogP contribution >= 0.6 is 0 Å². The Bertz CT molecular complexity index is 649. The molecule has 1 amide bonds. The minimum absolute atomic E-state index is 0.0901. The van der Waals surface area contributed by atoms with Crippen molar-refractivity contribution in [2.75, 3.05) is 17.2 Å². The van der Waals surface area contributed by atoms with Gasteiger partial charge in [-0.3, -0.25) is 4.79 Å². The highest BCUT2D eigenvalue weighted by Gasteiger charge is 2.12. The molecule has 2 N–H and O–H groups in total. The van der Waals surface area contributed by atoms with Crippen molar-refractivity contribution in [2.24, 2.45) is 0 Å². The van der Waals surface area contributed by atoms with Crippen LogP contribution < -0.4 is 10.6 Å². The average molecular weight is 292 g/mol. The average Bonchev–Trinajstić information content (AvgIpc) is 2.48. The molecule has 1 heterocycles. The molecule has 7 heteroatoms. The predicted molar refractivity (Wildman–Crippen MR) is 75.1 cm³/mol. The summed E-state index contributed by atoms with van der Waals surface area (Å²) in [5.74, 6) is -1.64. The van der Waals surface area contributed by atoms with Crippen LogP contribution in [0.2, 0.25) is 0 Å². The zero-order chi connectivity index (χ0) is 15.2. The number of carbonyl (C=O) groups is 1. The third-order valence-corrected chi connectivity index (χ3v) is 2.64. The molecule has 0 bridgehead atoms. The van der Waals surface area contributed by atoms with Gasteiger partial charge in [0.25, 0.3) is 5.91 Å². The van der Waals surface area contributed by atoms with Gasteiger partial charge >= 0.3 is 0 Å². The molecule has 2 aromatic rings. The summed E-state index contributed by atoms with van der Waals surface area (Å²) in [4.78, 5) is 19.8. The highest BCUT2D eigenvalue weighted by molar-refractivity contribution is 6.03. The van der Waals surface area contributed by atoms with Crippen molar-refractivity contribution in [1.82, 2.24) is 9.97 Å². The molecule has 1 aromatic carbocycles. The van der Waals surface area contributed by atoms with Crippen LogP contribution in [0.1, 0.15) is 23.8 Å². The van der Waals surface area contributed by atoms with Gasteiger partial charge < -0.3 is 10.6 Å². The summed E-state index contributed by atoms with van der Waals surface area (Å²) >= 11 is 0. The molecule has 21 heavy (non-hydrogen) atoms. The fraction of sp³-hybridized carbons (Fsp3) is 0.214. The highest BCUT2D eigenvalue weighted by atomic mass is 19.1. The van der Waals surface area contributed by atoms with E-state index in [1.165, 1.54) is 12.4 Å². The second kappa shape index (κ2) is 6.74. The lowest BCUT2D eigenvalue weighted by Crippen LogP contribution is -2.15. The molecular formula is C14H14F2N4O. The van der Waals surface area contributed by atoms with E-state index in [2.05, 4.69) is 20.6 Å². The molecule has 2 rings (SSSR count). The monoisotopic (exact) mass is 292 g/mol. The van der Waals surface area contributed by atoms with Gasteiger partial charge in [0.05, 0.1) is 5.69 Å². The Balaban J connectivity index is 2.12. The first kappa shape index (κ1) is 14.8. The molecule has 1 aromatic heterocycles. The van der Waals surface area contributed by atoms with Crippen LogP contribution in [0.4, 0.5) is 20.3 Å². The lowest BCUT2D eigenvalue weighted by Gasteiger charge is -2.07. The Labute approximate surface area is 120 Å². The van der Waals surface area contributed by atoms with E-state index < -0.39 is 17.5 Å². The largest absolute Gasteiger partial charge is 0.370 e. The van der Waals surface area contributed by atoms with E-state index in [0.717, 1.165) is 18.6 Å². The van der Waals surface area contributed by atoms with E-state index in [9.17, 15) is 13.6 Å². The smallest absolute Gasteiger partial charge is 0.274 e. The van der Waals surface area contributed by atoms with Crippen LogP contribution in [0, 0.1) is 11.6 Å². The number of carbonyl (C=O) groups excluding carboxylic acids is 1. The number of nitrogens with one attached hydrogen (secondary N) is 2. The molecular weight excluding hydrogens is 278 g/mol. The molecule has 0 aliphatic carbocycles. The number of halogens is 2. The van der Waals surface area contributed by atoms with Crippen molar-refractivity contribution in [1.29, 1.82) is 0 Å². The Morgan fingerprint density at radius 3 is 2.76 bits per heavy atom. The molecule has 0 saturated carbocycles. The number of nitrogens with zero attached hydrogens (tertiary/aromatic N) is 2. The lowest BCUT2D eigenvalue weighted by molar-refractivity contribution is 0.102. The van der Waals surface area contributed by atoms with E-state index in [1.54, 1.807) is 0 Å². The molecule has 0 aliphatic rings. The fourth-order valence-corrected chi connectivity index (χ4v) is 1.61. The van der Waals surface area contributed by atoms with Gasteiger partial charge in [-0.15, -0.1) is 0 Å². The Morgan fingerprint density at radius 1 is 1.24 bits per heavy atom. The maximum Gasteiger partial charge on any atom is 0.274 e. The zero-order valence-electron chi connectivity index (χ0n) is 11.4. The summed E-state index contributed by atoms with van der Waals surface area (Å²) in [6.07, 6.45) is 2.15. The molecule has 0 unspecified atom stereocenters. The summed E-state index contributed by atoms with van der Waals surface area (Å²) in [6.45, 7) is 2.71. The molecule has 110 valence electrons. The van der Waals surface area contributed by atoms with Crippen molar-refractivity contribution in [3.63, 3.8) is 0 Å². The van der Waals surface area contributed by atoms with E-state index >= 15 is 0 Å². The maximum absolute atomic E-state index is 13.5. The van der Waals surface area contributed by atoms with Gasteiger partial charge in [-0.1, -0.05) is 6.92 Å². The van der Waals surface area contributed by atoms with Gasteiger partial charge in [0, 0.05) is 18.7 Å². The third kappa shape index (κ3) is 3.95. The van der Waals surface area contributed by atoms with Crippen LogP contribution in [0.25, 0.3) is 0 Å². The van der Waals surface area contributed by atoms with Gasteiger partial charge in [-0.25, -0.2) is 18.7 Å². The van der Waals surface area contributed by atoms with Crippen molar-refractivity contribution < 1.29 is 13.6 Å². The number of anilines is 2. The van der Waals surface area contributed by atoms with Crippen LogP contribution in [-0.4, -0.2) is 22.4 Å². The molecule has 0 atom stereocenters. The van der Waals surface area contributed by atoms with Crippen molar-refractivity contribution >= 4 is 17.4 Å². The summed E-state index contributed by atoms with van der Waals surface area (Å²) in [5, 5.41) is 5.36. The number of aromatic nitrogens is 2. The number of amides is 1. The fourth-order valence-electron chi connectivity index (χ4n) is 1.61. The minimum atomic E-state index is -0.846. The first-order valence-electron chi connectivity index (χ1n) is 6.42. The summed E-state index contributed by atoms with van der Waals surface area (Å²) in [5.41, 5.74) is -0.0181.